The Kier molecular flexibility index (Phi) is 3.87. The van der Waals surface area contributed by atoms with E-state index >= 15 is 0 Å². The average Bonchev–Trinajstić information content (AvgIpc) is 2.96. The molecule has 2 heterocycles. The highest BCUT2D eigenvalue weighted by atomic mass is 32.1. The first-order valence-corrected chi connectivity index (χ1v) is 7.49. The molecule has 5 nitrogen and oxygen atoms in total. The zero-order valence-electron chi connectivity index (χ0n) is 11.8. The number of rotatable bonds is 5. The van der Waals surface area contributed by atoms with Crippen LogP contribution in [0.5, 0.6) is 17.4 Å². The number of aromatic nitrogens is 2. The Morgan fingerprint density at radius 2 is 2.05 bits per heavy atom. The van der Waals surface area contributed by atoms with E-state index in [1.165, 1.54) is 0 Å². The first-order valence-electron chi connectivity index (χ1n) is 6.61. The third kappa shape index (κ3) is 2.90. The van der Waals surface area contributed by atoms with Gasteiger partial charge in [0.15, 0.2) is 0 Å². The van der Waals surface area contributed by atoms with Crippen LogP contribution in [0.4, 0.5) is 5.95 Å². The number of methoxy groups -OCH3 is 1. The van der Waals surface area contributed by atoms with Crippen LogP contribution in [0.25, 0.3) is 10.2 Å². The molecule has 3 rings (SSSR count). The molecule has 0 unspecified atom stereocenters. The minimum Gasteiger partial charge on any atom is -0.497 e. The lowest BCUT2D eigenvalue weighted by molar-refractivity contribution is 0.408. The van der Waals surface area contributed by atoms with E-state index < -0.39 is 0 Å². The Morgan fingerprint density at radius 3 is 2.86 bits per heavy atom. The predicted molar refractivity (Wildman–Crippen MR) is 84.6 cm³/mol. The van der Waals surface area contributed by atoms with Gasteiger partial charge in [0.1, 0.15) is 16.3 Å². The van der Waals surface area contributed by atoms with Gasteiger partial charge in [0, 0.05) is 12.6 Å². The molecule has 6 heteroatoms. The Bertz CT molecular complexity index is 758. The maximum Gasteiger partial charge on any atom is 0.232 e. The molecule has 0 bridgehead atoms. The standard InChI is InChI=1S/C15H15N3O2S/c1-3-16-15-17-13(12-7-8-21-14(12)18-15)20-11-6-4-5-10(9-11)19-2/h4-9H,3H2,1-2H3,(H,16,17,18). The van der Waals surface area contributed by atoms with Crippen molar-refractivity contribution in [3.63, 3.8) is 0 Å². The van der Waals surface area contributed by atoms with Crippen LogP contribution in [0.3, 0.4) is 0 Å². The van der Waals surface area contributed by atoms with Gasteiger partial charge in [-0.3, -0.25) is 0 Å². The molecule has 1 N–H and O–H groups in total. The van der Waals surface area contributed by atoms with Crippen molar-refractivity contribution in [3.05, 3.63) is 35.7 Å². The van der Waals surface area contributed by atoms with E-state index in [2.05, 4.69) is 15.3 Å². The molecule has 0 saturated carbocycles. The quantitative estimate of drug-likeness (QED) is 0.774. The summed E-state index contributed by atoms with van der Waals surface area (Å²) in [5, 5.41) is 6.00. The van der Waals surface area contributed by atoms with Crippen LogP contribution < -0.4 is 14.8 Å². The van der Waals surface area contributed by atoms with Gasteiger partial charge in [-0.15, -0.1) is 11.3 Å². The Balaban J connectivity index is 1.99. The number of fused-ring (bicyclic) bond motifs is 1. The molecule has 108 valence electrons. The van der Waals surface area contributed by atoms with Crippen molar-refractivity contribution in [2.45, 2.75) is 6.92 Å². The lowest BCUT2D eigenvalue weighted by Gasteiger charge is -2.09. The maximum atomic E-state index is 5.92. The highest BCUT2D eigenvalue weighted by molar-refractivity contribution is 7.16. The normalized spacial score (nSPS) is 10.6. The fourth-order valence-electron chi connectivity index (χ4n) is 1.92. The zero-order valence-corrected chi connectivity index (χ0v) is 12.6. The van der Waals surface area contributed by atoms with E-state index in [9.17, 15) is 0 Å². The van der Waals surface area contributed by atoms with Gasteiger partial charge >= 0.3 is 0 Å². The number of hydrogen-bond acceptors (Lipinski definition) is 6. The van der Waals surface area contributed by atoms with Crippen molar-refractivity contribution in [1.82, 2.24) is 9.97 Å². The van der Waals surface area contributed by atoms with Gasteiger partial charge in [0.05, 0.1) is 12.5 Å². The van der Waals surface area contributed by atoms with Crippen molar-refractivity contribution >= 4 is 27.5 Å². The van der Waals surface area contributed by atoms with Gasteiger partial charge in [-0.25, -0.2) is 4.98 Å². The van der Waals surface area contributed by atoms with Gasteiger partial charge in [0.25, 0.3) is 0 Å². The van der Waals surface area contributed by atoms with Gasteiger partial charge in [-0.2, -0.15) is 4.98 Å². The number of nitrogens with one attached hydrogen (secondary N) is 1. The van der Waals surface area contributed by atoms with Crippen LogP contribution in [-0.4, -0.2) is 23.6 Å². The molecular weight excluding hydrogens is 286 g/mol. The molecule has 1 aromatic carbocycles. The van der Waals surface area contributed by atoms with E-state index in [1.54, 1.807) is 18.4 Å². The zero-order chi connectivity index (χ0) is 14.7. The molecule has 0 atom stereocenters. The van der Waals surface area contributed by atoms with E-state index in [1.807, 2.05) is 42.6 Å². The van der Waals surface area contributed by atoms with Crippen LogP contribution in [0, 0.1) is 0 Å². The average molecular weight is 301 g/mol. The van der Waals surface area contributed by atoms with Gasteiger partial charge in [-0.1, -0.05) is 6.07 Å². The first kappa shape index (κ1) is 13.6. The summed E-state index contributed by atoms with van der Waals surface area (Å²) >= 11 is 1.56. The Hall–Kier alpha value is -2.34. The van der Waals surface area contributed by atoms with E-state index in [-0.39, 0.29) is 0 Å². The molecule has 0 radical (unpaired) electrons. The van der Waals surface area contributed by atoms with Gasteiger partial charge < -0.3 is 14.8 Å². The van der Waals surface area contributed by atoms with Crippen molar-refractivity contribution in [2.24, 2.45) is 0 Å². The minimum atomic E-state index is 0.547. The number of thiophene rings is 1. The number of nitrogens with zero attached hydrogens (tertiary/aromatic N) is 2. The molecule has 3 aromatic rings. The second-order valence-corrected chi connectivity index (χ2v) is 5.20. The SMILES string of the molecule is CCNc1nc(Oc2cccc(OC)c2)c2ccsc2n1. The Morgan fingerprint density at radius 1 is 1.19 bits per heavy atom. The second kappa shape index (κ2) is 5.97. The highest BCUT2D eigenvalue weighted by Gasteiger charge is 2.11. The fourth-order valence-corrected chi connectivity index (χ4v) is 2.67. The number of hydrogen-bond donors (Lipinski definition) is 1. The summed E-state index contributed by atoms with van der Waals surface area (Å²) in [6.07, 6.45) is 0. The number of benzene rings is 1. The lowest BCUT2D eigenvalue weighted by atomic mass is 10.3. The van der Waals surface area contributed by atoms with Gasteiger partial charge in [-0.05, 0) is 30.5 Å². The maximum absolute atomic E-state index is 5.92. The van der Waals surface area contributed by atoms with Crippen LogP contribution in [0.1, 0.15) is 6.92 Å². The van der Waals surface area contributed by atoms with Crippen LogP contribution >= 0.6 is 11.3 Å². The van der Waals surface area contributed by atoms with Crippen molar-refractivity contribution in [3.8, 4) is 17.4 Å². The largest absolute Gasteiger partial charge is 0.497 e. The van der Waals surface area contributed by atoms with Crippen molar-refractivity contribution in [1.29, 1.82) is 0 Å². The van der Waals surface area contributed by atoms with Crippen LogP contribution in [-0.2, 0) is 0 Å². The third-order valence-corrected chi connectivity index (χ3v) is 3.69. The first-order chi connectivity index (χ1) is 10.3. The minimum absolute atomic E-state index is 0.547. The molecule has 0 amide bonds. The smallest absolute Gasteiger partial charge is 0.232 e. The molecular formula is C15H15N3O2S. The lowest BCUT2D eigenvalue weighted by Crippen LogP contribution is -2.02. The third-order valence-electron chi connectivity index (χ3n) is 2.88. The molecule has 0 fully saturated rings. The number of ether oxygens (including phenoxy) is 2. The Labute approximate surface area is 126 Å². The van der Waals surface area contributed by atoms with Crippen molar-refractivity contribution in [2.75, 3.05) is 19.0 Å². The topological polar surface area (TPSA) is 56.3 Å². The molecule has 0 spiro atoms. The van der Waals surface area contributed by atoms with Gasteiger partial charge in [0.2, 0.25) is 11.8 Å². The summed E-state index contributed by atoms with van der Waals surface area (Å²) in [4.78, 5) is 9.79. The summed E-state index contributed by atoms with van der Waals surface area (Å²) in [7, 11) is 1.63. The summed E-state index contributed by atoms with van der Waals surface area (Å²) < 4.78 is 11.1. The van der Waals surface area contributed by atoms with E-state index in [0.29, 0.717) is 17.6 Å². The van der Waals surface area contributed by atoms with E-state index in [4.69, 9.17) is 9.47 Å². The second-order valence-electron chi connectivity index (χ2n) is 4.30. The molecule has 0 aliphatic carbocycles. The molecule has 21 heavy (non-hydrogen) atoms. The molecule has 0 saturated heterocycles. The van der Waals surface area contributed by atoms with Crippen molar-refractivity contribution < 1.29 is 9.47 Å². The monoisotopic (exact) mass is 301 g/mol. The number of anilines is 1. The summed E-state index contributed by atoms with van der Waals surface area (Å²) in [5.41, 5.74) is 0. The predicted octanol–water partition coefficient (Wildman–Crippen LogP) is 3.92. The van der Waals surface area contributed by atoms with Crippen LogP contribution in [0.15, 0.2) is 35.7 Å². The summed E-state index contributed by atoms with van der Waals surface area (Å²) in [6, 6.07) is 9.41. The molecule has 2 aromatic heterocycles. The fraction of sp³-hybridized carbons (Fsp3) is 0.200. The van der Waals surface area contributed by atoms with Crippen LogP contribution in [0.2, 0.25) is 0 Å². The highest BCUT2D eigenvalue weighted by Crippen LogP contribution is 2.32. The van der Waals surface area contributed by atoms with E-state index in [0.717, 1.165) is 22.5 Å². The molecule has 0 aliphatic heterocycles. The summed E-state index contributed by atoms with van der Waals surface area (Å²) in [6.45, 7) is 2.76. The molecule has 0 aliphatic rings. The summed E-state index contributed by atoms with van der Waals surface area (Å²) in [5.74, 6) is 2.55.